The van der Waals surface area contributed by atoms with Crippen LogP contribution in [0.4, 0.5) is 5.69 Å². The van der Waals surface area contributed by atoms with Gasteiger partial charge in [-0.15, -0.1) is 0 Å². The van der Waals surface area contributed by atoms with E-state index < -0.39 is 0 Å². The highest BCUT2D eigenvalue weighted by Gasteiger charge is 2.16. The van der Waals surface area contributed by atoms with Crippen molar-refractivity contribution in [3.63, 3.8) is 0 Å². The topological polar surface area (TPSA) is 68.4 Å². The van der Waals surface area contributed by atoms with Gasteiger partial charge in [0, 0.05) is 11.8 Å². The molecule has 0 aliphatic rings. The Labute approximate surface area is 162 Å². The monoisotopic (exact) mass is 374 g/mol. The van der Waals surface area contributed by atoms with E-state index in [1.165, 1.54) is 4.57 Å². The molecule has 4 rings (SSSR count). The van der Waals surface area contributed by atoms with E-state index in [0.717, 1.165) is 34.4 Å². The van der Waals surface area contributed by atoms with Crippen molar-refractivity contribution in [2.75, 3.05) is 5.32 Å². The molecule has 2 aromatic carbocycles. The molecule has 0 spiro atoms. The Morgan fingerprint density at radius 2 is 1.89 bits per heavy atom. The maximum atomic E-state index is 13.1. The summed E-state index contributed by atoms with van der Waals surface area (Å²) in [6.07, 6.45) is 0.819. The number of nitrogens with one attached hydrogen (secondary N) is 1. The van der Waals surface area contributed by atoms with E-state index in [1.54, 1.807) is 10.6 Å². The lowest BCUT2D eigenvalue weighted by Gasteiger charge is -2.15. The molecule has 0 aliphatic carbocycles. The van der Waals surface area contributed by atoms with E-state index in [9.17, 15) is 9.59 Å². The van der Waals surface area contributed by atoms with Crippen molar-refractivity contribution in [3.8, 4) is 0 Å². The summed E-state index contributed by atoms with van der Waals surface area (Å²) in [4.78, 5) is 25.9. The number of fused-ring (bicyclic) bond motifs is 3. The van der Waals surface area contributed by atoms with Crippen molar-refractivity contribution in [2.45, 2.75) is 33.7 Å². The van der Waals surface area contributed by atoms with Gasteiger partial charge < -0.3 is 5.32 Å². The number of hydrogen-bond donors (Lipinski definition) is 1. The molecule has 0 aliphatic heterocycles. The lowest BCUT2D eigenvalue weighted by Crippen LogP contribution is -2.29. The number of carbonyl (C=O) groups excluding carboxylic acids is 1. The van der Waals surface area contributed by atoms with Crippen LogP contribution in [0.3, 0.4) is 0 Å². The van der Waals surface area contributed by atoms with Crippen molar-refractivity contribution in [3.05, 3.63) is 75.7 Å². The maximum absolute atomic E-state index is 13.1. The third-order valence-corrected chi connectivity index (χ3v) is 5.00. The summed E-state index contributed by atoms with van der Waals surface area (Å²) in [5.74, 6) is -0.234. The molecule has 0 unspecified atom stereocenters. The Hall–Kier alpha value is -3.41. The third kappa shape index (κ3) is 2.97. The van der Waals surface area contributed by atoms with E-state index in [1.807, 2.05) is 56.3 Å². The van der Waals surface area contributed by atoms with Gasteiger partial charge in [0.05, 0.1) is 16.6 Å². The normalized spacial score (nSPS) is 11.2. The molecule has 142 valence electrons. The van der Waals surface area contributed by atoms with Gasteiger partial charge in [-0.3, -0.25) is 14.2 Å². The van der Waals surface area contributed by atoms with Crippen LogP contribution in [0.25, 0.3) is 16.6 Å². The molecule has 2 aromatic heterocycles. The smallest absolute Gasteiger partial charge is 0.262 e. The predicted octanol–water partition coefficient (Wildman–Crippen LogP) is 3.47. The lowest BCUT2D eigenvalue weighted by molar-refractivity contribution is -0.116. The van der Waals surface area contributed by atoms with E-state index in [4.69, 9.17) is 0 Å². The van der Waals surface area contributed by atoms with Crippen molar-refractivity contribution < 1.29 is 4.79 Å². The molecule has 0 radical (unpaired) electrons. The van der Waals surface area contributed by atoms with Crippen LogP contribution in [0.15, 0.2) is 53.3 Å². The van der Waals surface area contributed by atoms with Crippen LogP contribution < -0.4 is 10.9 Å². The van der Waals surface area contributed by atoms with Crippen LogP contribution in [0.5, 0.6) is 0 Å². The molecule has 0 atom stereocenters. The first-order valence-corrected chi connectivity index (χ1v) is 9.36. The molecular weight excluding hydrogens is 352 g/mol. The van der Waals surface area contributed by atoms with E-state index in [2.05, 4.69) is 17.3 Å². The van der Waals surface area contributed by atoms with Gasteiger partial charge in [0.1, 0.15) is 12.2 Å². The number of nitrogens with zero attached hydrogens (tertiary/aromatic N) is 3. The van der Waals surface area contributed by atoms with Crippen LogP contribution in [-0.4, -0.2) is 20.1 Å². The molecule has 2 heterocycles. The van der Waals surface area contributed by atoms with Gasteiger partial charge in [0.25, 0.3) is 5.56 Å². The fourth-order valence-electron chi connectivity index (χ4n) is 3.62. The zero-order valence-electron chi connectivity index (χ0n) is 16.2. The molecular formula is C22H22N4O2. The lowest BCUT2D eigenvalue weighted by atomic mass is 10.1. The minimum atomic E-state index is -0.234. The number of aryl methyl sites for hydroxylation is 3. The second-order valence-corrected chi connectivity index (χ2v) is 6.97. The Balaban J connectivity index is 1.79. The largest absolute Gasteiger partial charge is 0.324 e. The molecule has 1 amide bonds. The summed E-state index contributed by atoms with van der Waals surface area (Å²) in [6.45, 7) is 5.82. The second kappa shape index (κ2) is 6.96. The fraction of sp³-hybridized carbons (Fsp3) is 0.227. The SMILES string of the molecule is CCc1cccc(C)c1NC(=O)Cn1c(=O)c2ccccc2n2nc(C)cc12. The number of hydrogen-bond acceptors (Lipinski definition) is 3. The van der Waals surface area contributed by atoms with Crippen LogP contribution in [0.2, 0.25) is 0 Å². The van der Waals surface area contributed by atoms with Gasteiger partial charge in [-0.25, -0.2) is 4.52 Å². The van der Waals surface area contributed by atoms with Crippen LogP contribution in [0, 0.1) is 13.8 Å². The first-order chi connectivity index (χ1) is 13.5. The van der Waals surface area contributed by atoms with Gasteiger partial charge >= 0.3 is 0 Å². The van der Waals surface area contributed by atoms with Crippen molar-refractivity contribution in [2.24, 2.45) is 0 Å². The highest BCUT2D eigenvalue weighted by molar-refractivity contribution is 5.93. The highest BCUT2D eigenvalue weighted by atomic mass is 16.2. The number of carbonyl (C=O) groups is 1. The van der Waals surface area contributed by atoms with E-state index >= 15 is 0 Å². The van der Waals surface area contributed by atoms with Crippen LogP contribution in [0.1, 0.15) is 23.7 Å². The zero-order chi connectivity index (χ0) is 19.8. The van der Waals surface area contributed by atoms with Gasteiger partial charge in [-0.05, 0) is 43.5 Å². The number of aromatic nitrogens is 3. The molecule has 0 bridgehead atoms. The summed E-state index contributed by atoms with van der Waals surface area (Å²) in [5.41, 5.74) is 4.84. The van der Waals surface area contributed by atoms with E-state index in [-0.39, 0.29) is 18.0 Å². The van der Waals surface area contributed by atoms with E-state index in [0.29, 0.717) is 11.0 Å². The number of benzene rings is 2. The summed E-state index contributed by atoms with van der Waals surface area (Å²) < 4.78 is 3.21. The number of para-hydroxylation sites is 2. The Kier molecular flexibility index (Phi) is 4.47. The summed E-state index contributed by atoms with van der Waals surface area (Å²) >= 11 is 0. The van der Waals surface area contributed by atoms with Gasteiger partial charge in [-0.1, -0.05) is 37.3 Å². The number of rotatable bonds is 4. The minimum absolute atomic E-state index is 0.0736. The Morgan fingerprint density at radius 3 is 2.68 bits per heavy atom. The second-order valence-electron chi connectivity index (χ2n) is 6.97. The molecule has 6 nitrogen and oxygen atoms in total. The average molecular weight is 374 g/mol. The summed E-state index contributed by atoms with van der Waals surface area (Å²) in [5, 5.41) is 8.04. The van der Waals surface area contributed by atoms with Gasteiger partial charge in [-0.2, -0.15) is 5.10 Å². The summed E-state index contributed by atoms with van der Waals surface area (Å²) in [6, 6.07) is 15.1. The summed E-state index contributed by atoms with van der Waals surface area (Å²) in [7, 11) is 0. The minimum Gasteiger partial charge on any atom is -0.324 e. The molecule has 6 heteroatoms. The number of anilines is 1. The third-order valence-electron chi connectivity index (χ3n) is 5.00. The number of amides is 1. The zero-order valence-corrected chi connectivity index (χ0v) is 16.2. The van der Waals surface area contributed by atoms with Crippen molar-refractivity contribution in [1.82, 2.24) is 14.2 Å². The van der Waals surface area contributed by atoms with Gasteiger partial charge in [0.15, 0.2) is 0 Å². The predicted molar refractivity (Wildman–Crippen MR) is 111 cm³/mol. The Morgan fingerprint density at radius 1 is 1.11 bits per heavy atom. The molecule has 28 heavy (non-hydrogen) atoms. The van der Waals surface area contributed by atoms with Gasteiger partial charge in [0.2, 0.25) is 5.91 Å². The molecule has 4 aromatic rings. The molecule has 0 fully saturated rings. The molecule has 0 saturated heterocycles. The quantitative estimate of drug-likeness (QED) is 0.595. The Bertz CT molecular complexity index is 1270. The first-order valence-electron chi connectivity index (χ1n) is 9.36. The highest BCUT2D eigenvalue weighted by Crippen LogP contribution is 2.21. The van der Waals surface area contributed by atoms with Crippen molar-refractivity contribution in [1.29, 1.82) is 0 Å². The average Bonchev–Trinajstić information content (AvgIpc) is 3.08. The fourth-order valence-corrected chi connectivity index (χ4v) is 3.62. The first kappa shape index (κ1) is 18.0. The molecule has 0 saturated carbocycles. The molecule has 1 N–H and O–H groups in total. The van der Waals surface area contributed by atoms with Crippen LogP contribution in [-0.2, 0) is 17.8 Å². The maximum Gasteiger partial charge on any atom is 0.262 e. The van der Waals surface area contributed by atoms with Crippen molar-refractivity contribution >= 4 is 28.1 Å². The van der Waals surface area contributed by atoms with Crippen LogP contribution >= 0.6 is 0 Å². The standard InChI is InChI=1S/C22H22N4O2/c1-4-16-9-7-8-14(2)21(16)23-19(27)13-25-20-12-15(3)24-26(20)18-11-6-5-10-17(18)22(25)28/h5-12H,4,13H2,1-3H3,(H,23,27).